The molecule has 7 nitrogen and oxygen atoms in total. The maximum atomic E-state index is 13.3. The molecular formula is C23H26N2O5. The van der Waals surface area contributed by atoms with Gasteiger partial charge in [0.2, 0.25) is 0 Å². The third kappa shape index (κ3) is 4.02. The third-order valence-corrected chi connectivity index (χ3v) is 5.02. The zero-order valence-corrected chi connectivity index (χ0v) is 17.7. The van der Waals surface area contributed by atoms with Crippen LogP contribution in [0.1, 0.15) is 12.0 Å². The number of carbonyl (C=O) groups is 2. The molecule has 1 aliphatic rings. The number of anilines is 1. The molecule has 0 bridgehead atoms. The van der Waals surface area contributed by atoms with Gasteiger partial charge in [-0.2, -0.15) is 0 Å². The van der Waals surface area contributed by atoms with Gasteiger partial charge in [-0.05, 0) is 36.2 Å². The van der Waals surface area contributed by atoms with E-state index in [1.165, 1.54) is 12.0 Å². The van der Waals surface area contributed by atoms with Crippen molar-refractivity contribution < 1.29 is 23.8 Å². The highest BCUT2D eigenvalue weighted by Gasteiger charge is 2.41. The number of para-hydroxylation sites is 1. The van der Waals surface area contributed by atoms with Crippen molar-refractivity contribution in [1.82, 2.24) is 4.90 Å². The molecule has 2 aromatic carbocycles. The first kappa shape index (κ1) is 21.4. The van der Waals surface area contributed by atoms with Gasteiger partial charge in [-0.3, -0.25) is 14.5 Å². The van der Waals surface area contributed by atoms with Gasteiger partial charge in [0.05, 0.1) is 19.8 Å². The minimum atomic E-state index is -0.332. The summed E-state index contributed by atoms with van der Waals surface area (Å²) in [6, 6.07) is 14.7. The molecule has 1 heterocycles. The van der Waals surface area contributed by atoms with Crippen LogP contribution in [-0.4, -0.2) is 58.2 Å². The fourth-order valence-electron chi connectivity index (χ4n) is 3.48. The van der Waals surface area contributed by atoms with Crippen molar-refractivity contribution in [3.8, 4) is 11.5 Å². The van der Waals surface area contributed by atoms with E-state index in [0.29, 0.717) is 41.4 Å². The Morgan fingerprint density at radius 2 is 1.60 bits per heavy atom. The Balaban J connectivity index is 2.10. The summed E-state index contributed by atoms with van der Waals surface area (Å²) in [5, 5.41) is 0. The Morgan fingerprint density at radius 1 is 0.900 bits per heavy atom. The van der Waals surface area contributed by atoms with Gasteiger partial charge >= 0.3 is 0 Å². The first-order chi connectivity index (χ1) is 14.5. The Morgan fingerprint density at radius 3 is 2.23 bits per heavy atom. The molecule has 0 aliphatic carbocycles. The number of likely N-dealkylation sites (N-methyl/N-ethyl adjacent to an activating group) is 1. The monoisotopic (exact) mass is 410 g/mol. The number of methoxy groups -OCH3 is 3. The predicted molar refractivity (Wildman–Crippen MR) is 115 cm³/mol. The second-order valence-corrected chi connectivity index (χ2v) is 6.80. The molecule has 2 aromatic rings. The molecule has 158 valence electrons. The fourth-order valence-corrected chi connectivity index (χ4v) is 3.48. The largest absolute Gasteiger partial charge is 0.493 e. The van der Waals surface area contributed by atoms with E-state index in [9.17, 15) is 9.59 Å². The highest BCUT2D eigenvalue weighted by atomic mass is 16.5. The van der Waals surface area contributed by atoms with Crippen molar-refractivity contribution in [2.45, 2.75) is 6.42 Å². The van der Waals surface area contributed by atoms with Crippen LogP contribution in [0, 0.1) is 0 Å². The van der Waals surface area contributed by atoms with E-state index in [1.54, 1.807) is 44.4 Å². The van der Waals surface area contributed by atoms with Crippen LogP contribution in [0.2, 0.25) is 0 Å². The van der Waals surface area contributed by atoms with Crippen LogP contribution in [0.15, 0.2) is 54.2 Å². The normalized spacial score (nSPS) is 13.8. The van der Waals surface area contributed by atoms with Gasteiger partial charge in [-0.1, -0.05) is 24.3 Å². The Bertz CT molecular complexity index is 955. The number of amides is 2. The summed E-state index contributed by atoms with van der Waals surface area (Å²) in [6.07, 6.45) is 0.565. The molecule has 30 heavy (non-hydrogen) atoms. The Labute approximate surface area is 176 Å². The van der Waals surface area contributed by atoms with Crippen LogP contribution >= 0.6 is 0 Å². The third-order valence-electron chi connectivity index (χ3n) is 5.02. The molecule has 0 unspecified atom stereocenters. The molecule has 1 aliphatic heterocycles. The lowest BCUT2D eigenvalue weighted by Crippen LogP contribution is -2.35. The smallest absolute Gasteiger partial charge is 0.278 e. The molecule has 0 saturated heterocycles. The number of nitrogens with zero attached hydrogens (tertiary/aromatic N) is 2. The number of rotatable bonds is 9. The van der Waals surface area contributed by atoms with Crippen molar-refractivity contribution in [2.75, 3.05) is 46.4 Å². The lowest BCUT2D eigenvalue weighted by Gasteiger charge is -2.21. The molecule has 0 saturated carbocycles. The average Bonchev–Trinajstić information content (AvgIpc) is 3.03. The maximum Gasteiger partial charge on any atom is 0.278 e. The lowest BCUT2D eigenvalue weighted by molar-refractivity contribution is -0.137. The van der Waals surface area contributed by atoms with Gasteiger partial charge in [-0.25, -0.2) is 0 Å². The summed E-state index contributed by atoms with van der Waals surface area (Å²) < 4.78 is 15.8. The van der Waals surface area contributed by atoms with Gasteiger partial charge in [-0.15, -0.1) is 0 Å². The molecule has 0 atom stereocenters. The minimum Gasteiger partial charge on any atom is -0.493 e. The maximum absolute atomic E-state index is 13.3. The van der Waals surface area contributed by atoms with Crippen LogP contribution < -0.4 is 14.4 Å². The van der Waals surface area contributed by atoms with E-state index in [4.69, 9.17) is 14.2 Å². The quantitative estimate of drug-likeness (QED) is 0.468. The van der Waals surface area contributed by atoms with Gasteiger partial charge in [0.25, 0.3) is 11.8 Å². The van der Waals surface area contributed by atoms with Crippen molar-refractivity contribution >= 4 is 23.1 Å². The van der Waals surface area contributed by atoms with Crippen LogP contribution in [0.5, 0.6) is 11.5 Å². The molecule has 3 rings (SSSR count). The summed E-state index contributed by atoms with van der Waals surface area (Å²) in [6.45, 7) is 0.751. The number of carbonyl (C=O) groups excluding carboxylic acids is 2. The Kier molecular flexibility index (Phi) is 6.74. The molecule has 0 aromatic heterocycles. The standard InChI is InChI=1S/C23H26N2O5/c1-24(17-9-6-5-7-10-17)21-20(16-11-12-18(29-3)19(15-16)30-4)22(26)25(23(21)27)13-8-14-28-2/h5-7,9-12,15H,8,13-14H2,1-4H3. The molecule has 2 amide bonds. The summed E-state index contributed by atoms with van der Waals surface area (Å²) in [5.74, 6) is 0.379. The van der Waals surface area contributed by atoms with Crippen LogP contribution in [0.25, 0.3) is 5.57 Å². The minimum absolute atomic E-state index is 0.286. The number of imide groups is 1. The molecule has 0 radical (unpaired) electrons. The topological polar surface area (TPSA) is 68.3 Å². The van der Waals surface area contributed by atoms with E-state index in [0.717, 1.165) is 5.69 Å². The van der Waals surface area contributed by atoms with E-state index >= 15 is 0 Å². The van der Waals surface area contributed by atoms with E-state index in [2.05, 4.69) is 0 Å². The van der Waals surface area contributed by atoms with Crippen molar-refractivity contribution in [1.29, 1.82) is 0 Å². The second-order valence-electron chi connectivity index (χ2n) is 6.80. The first-order valence-electron chi connectivity index (χ1n) is 9.64. The molecule has 0 fully saturated rings. The molecule has 7 heteroatoms. The van der Waals surface area contributed by atoms with Crippen molar-refractivity contribution in [3.05, 3.63) is 59.8 Å². The van der Waals surface area contributed by atoms with E-state index < -0.39 is 0 Å². The fraction of sp³-hybridized carbons (Fsp3) is 0.304. The zero-order chi connectivity index (χ0) is 21.7. The average molecular weight is 410 g/mol. The number of hydrogen-bond donors (Lipinski definition) is 0. The lowest BCUT2D eigenvalue weighted by atomic mass is 10.0. The van der Waals surface area contributed by atoms with E-state index in [-0.39, 0.29) is 18.4 Å². The zero-order valence-electron chi connectivity index (χ0n) is 17.7. The predicted octanol–water partition coefficient (Wildman–Crippen LogP) is 2.96. The van der Waals surface area contributed by atoms with Gasteiger partial charge in [0.1, 0.15) is 5.70 Å². The first-order valence-corrected chi connectivity index (χ1v) is 9.64. The summed E-state index contributed by atoms with van der Waals surface area (Å²) in [7, 11) is 6.46. The SMILES string of the molecule is COCCCN1C(=O)C(c2ccc(OC)c(OC)c2)=C(N(C)c2ccccc2)C1=O. The van der Waals surface area contributed by atoms with Crippen LogP contribution in [0.3, 0.4) is 0 Å². The number of ether oxygens (including phenoxy) is 3. The summed E-state index contributed by atoms with van der Waals surface area (Å²) in [4.78, 5) is 29.6. The number of benzene rings is 2. The molecular weight excluding hydrogens is 384 g/mol. The summed E-state index contributed by atoms with van der Waals surface area (Å²) >= 11 is 0. The highest BCUT2D eigenvalue weighted by molar-refractivity contribution is 6.36. The second kappa shape index (κ2) is 9.45. The van der Waals surface area contributed by atoms with Gasteiger partial charge in [0.15, 0.2) is 11.5 Å². The molecule has 0 spiro atoms. The highest BCUT2D eigenvalue weighted by Crippen LogP contribution is 2.37. The van der Waals surface area contributed by atoms with Crippen molar-refractivity contribution in [2.24, 2.45) is 0 Å². The summed E-state index contributed by atoms with van der Waals surface area (Å²) in [5.41, 5.74) is 2.07. The van der Waals surface area contributed by atoms with E-state index in [1.807, 2.05) is 30.3 Å². The Hall–Kier alpha value is -3.32. The number of hydrogen-bond acceptors (Lipinski definition) is 6. The van der Waals surface area contributed by atoms with Gasteiger partial charge in [0, 0.05) is 33.0 Å². The van der Waals surface area contributed by atoms with Crippen LogP contribution in [0.4, 0.5) is 5.69 Å². The van der Waals surface area contributed by atoms with Crippen LogP contribution in [-0.2, 0) is 14.3 Å². The molecule has 0 N–H and O–H groups in total. The van der Waals surface area contributed by atoms with Gasteiger partial charge < -0.3 is 19.1 Å². The van der Waals surface area contributed by atoms with Crippen molar-refractivity contribution in [3.63, 3.8) is 0 Å².